The first-order valence-electron chi connectivity index (χ1n) is 8.53. The second-order valence-electron chi connectivity index (χ2n) is 6.29. The minimum absolute atomic E-state index is 0.670. The van der Waals surface area contributed by atoms with Gasteiger partial charge in [-0.3, -0.25) is 10.1 Å². The molecule has 3 heterocycles. The number of nitrogens with zero attached hydrogens (tertiary/aromatic N) is 3. The standard InChI is InChI=1S/C20H15ClN6/c21-13-1-3-16-15(9-13)19(27-26-16)20-24-17-4-2-14(10-18(17)25-20)23-11-12-5-7-22-8-6-12/h1-10,23H,11H2,(H,24,25)(H,26,27). The predicted octanol–water partition coefficient (Wildman–Crippen LogP) is 4.77. The van der Waals surface area contributed by atoms with Crippen LogP contribution in [0.3, 0.4) is 0 Å². The van der Waals surface area contributed by atoms with E-state index in [2.05, 4.69) is 36.5 Å². The Kier molecular flexibility index (Phi) is 3.76. The summed E-state index contributed by atoms with van der Waals surface area (Å²) in [6, 6.07) is 15.7. The van der Waals surface area contributed by atoms with Gasteiger partial charge in [0.25, 0.3) is 0 Å². The predicted molar refractivity (Wildman–Crippen MR) is 108 cm³/mol. The molecule has 0 bridgehead atoms. The van der Waals surface area contributed by atoms with Gasteiger partial charge in [0, 0.05) is 35.0 Å². The Bertz CT molecular complexity index is 1240. The summed E-state index contributed by atoms with van der Waals surface area (Å²) in [5.74, 6) is 0.713. The third kappa shape index (κ3) is 3.00. The monoisotopic (exact) mass is 374 g/mol. The van der Waals surface area contributed by atoms with Gasteiger partial charge in [0.15, 0.2) is 5.82 Å². The van der Waals surface area contributed by atoms with E-state index in [9.17, 15) is 0 Å². The van der Waals surface area contributed by atoms with Crippen molar-refractivity contribution in [3.63, 3.8) is 0 Å². The molecule has 27 heavy (non-hydrogen) atoms. The van der Waals surface area contributed by atoms with Crippen molar-refractivity contribution in [1.82, 2.24) is 25.1 Å². The Morgan fingerprint density at radius 3 is 2.74 bits per heavy atom. The zero-order valence-electron chi connectivity index (χ0n) is 14.2. The molecule has 0 radical (unpaired) electrons. The highest BCUT2D eigenvalue weighted by Gasteiger charge is 2.13. The van der Waals surface area contributed by atoms with Crippen molar-refractivity contribution in [2.24, 2.45) is 0 Å². The minimum Gasteiger partial charge on any atom is -0.381 e. The zero-order chi connectivity index (χ0) is 18.2. The fourth-order valence-electron chi connectivity index (χ4n) is 3.10. The van der Waals surface area contributed by atoms with E-state index < -0.39 is 0 Å². The smallest absolute Gasteiger partial charge is 0.159 e. The molecule has 0 aliphatic rings. The van der Waals surface area contributed by atoms with Crippen molar-refractivity contribution in [1.29, 1.82) is 0 Å². The number of H-pyrrole nitrogens is 2. The Morgan fingerprint density at radius 1 is 0.963 bits per heavy atom. The number of hydrogen-bond acceptors (Lipinski definition) is 4. The van der Waals surface area contributed by atoms with E-state index in [1.165, 1.54) is 5.56 Å². The normalized spacial score (nSPS) is 11.3. The lowest BCUT2D eigenvalue weighted by atomic mass is 10.2. The van der Waals surface area contributed by atoms with Crippen molar-refractivity contribution in [3.05, 3.63) is 71.5 Å². The van der Waals surface area contributed by atoms with Crippen LogP contribution >= 0.6 is 11.6 Å². The fraction of sp³-hybridized carbons (Fsp3) is 0.0500. The quantitative estimate of drug-likeness (QED) is 0.423. The number of aromatic nitrogens is 5. The number of benzene rings is 2. The third-order valence-electron chi connectivity index (χ3n) is 4.48. The van der Waals surface area contributed by atoms with Crippen LogP contribution in [0.15, 0.2) is 60.9 Å². The van der Waals surface area contributed by atoms with Gasteiger partial charge in [0.2, 0.25) is 0 Å². The zero-order valence-corrected chi connectivity index (χ0v) is 15.0. The Morgan fingerprint density at radius 2 is 1.85 bits per heavy atom. The largest absolute Gasteiger partial charge is 0.381 e. The molecule has 0 spiro atoms. The lowest BCUT2D eigenvalue weighted by Gasteiger charge is -2.05. The lowest BCUT2D eigenvalue weighted by molar-refractivity contribution is 1.11. The molecular formula is C20H15ClN6. The molecule has 3 aromatic heterocycles. The molecule has 3 N–H and O–H groups in total. The van der Waals surface area contributed by atoms with E-state index in [-0.39, 0.29) is 0 Å². The van der Waals surface area contributed by atoms with E-state index in [1.807, 2.05) is 42.5 Å². The van der Waals surface area contributed by atoms with Crippen molar-refractivity contribution >= 4 is 39.2 Å². The number of imidazole rings is 1. The molecular weight excluding hydrogens is 360 g/mol. The van der Waals surface area contributed by atoms with Crippen LogP contribution in [0.5, 0.6) is 0 Å². The van der Waals surface area contributed by atoms with Crippen LogP contribution in [-0.4, -0.2) is 25.1 Å². The van der Waals surface area contributed by atoms with E-state index >= 15 is 0 Å². The summed E-state index contributed by atoms with van der Waals surface area (Å²) in [4.78, 5) is 12.1. The second-order valence-corrected chi connectivity index (χ2v) is 6.72. The molecule has 2 aromatic carbocycles. The van der Waals surface area contributed by atoms with Crippen LogP contribution < -0.4 is 5.32 Å². The molecule has 7 heteroatoms. The lowest BCUT2D eigenvalue weighted by Crippen LogP contribution is -1.98. The van der Waals surface area contributed by atoms with Crippen LogP contribution in [0.25, 0.3) is 33.5 Å². The van der Waals surface area contributed by atoms with Gasteiger partial charge in [-0.25, -0.2) is 4.98 Å². The summed E-state index contributed by atoms with van der Waals surface area (Å²) in [5.41, 5.74) is 5.71. The number of fused-ring (bicyclic) bond motifs is 2. The first-order valence-corrected chi connectivity index (χ1v) is 8.90. The van der Waals surface area contributed by atoms with Crippen molar-refractivity contribution in [3.8, 4) is 11.5 Å². The van der Waals surface area contributed by atoms with Crippen LogP contribution in [0, 0.1) is 0 Å². The summed E-state index contributed by atoms with van der Waals surface area (Å²) >= 11 is 6.14. The summed E-state index contributed by atoms with van der Waals surface area (Å²) in [6.45, 7) is 0.734. The van der Waals surface area contributed by atoms with Crippen molar-refractivity contribution in [2.45, 2.75) is 6.54 Å². The number of hydrogen-bond donors (Lipinski definition) is 3. The van der Waals surface area contributed by atoms with Crippen LogP contribution in [0.1, 0.15) is 5.56 Å². The summed E-state index contributed by atoms with van der Waals surface area (Å²) in [6.07, 6.45) is 3.59. The maximum absolute atomic E-state index is 6.14. The highest BCUT2D eigenvalue weighted by atomic mass is 35.5. The van der Waals surface area contributed by atoms with Crippen LogP contribution in [0.2, 0.25) is 5.02 Å². The van der Waals surface area contributed by atoms with E-state index in [0.717, 1.165) is 39.9 Å². The first kappa shape index (κ1) is 15.8. The Labute approximate surface area is 159 Å². The molecule has 0 atom stereocenters. The average molecular weight is 375 g/mol. The highest BCUT2D eigenvalue weighted by molar-refractivity contribution is 6.31. The summed E-state index contributed by atoms with van der Waals surface area (Å²) in [7, 11) is 0. The van der Waals surface area contributed by atoms with Crippen LogP contribution in [-0.2, 0) is 6.54 Å². The van der Waals surface area contributed by atoms with Gasteiger partial charge in [-0.1, -0.05) is 11.6 Å². The Hall–Kier alpha value is -3.38. The number of nitrogens with one attached hydrogen (secondary N) is 3. The third-order valence-corrected chi connectivity index (χ3v) is 4.71. The first-order chi connectivity index (χ1) is 13.3. The fourth-order valence-corrected chi connectivity index (χ4v) is 3.28. The van der Waals surface area contributed by atoms with E-state index in [0.29, 0.717) is 10.8 Å². The molecule has 132 valence electrons. The molecule has 6 nitrogen and oxygen atoms in total. The van der Waals surface area contributed by atoms with Gasteiger partial charge in [-0.15, -0.1) is 0 Å². The van der Waals surface area contributed by atoms with Gasteiger partial charge < -0.3 is 10.3 Å². The topological polar surface area (TPSA) is 82.3 Å². The van der Waals surface area contributed by atoms with Gasteiger partial charge >= 0.3 is 0 Å². The minimum atomic E-state index is 0.670. The van der Waals surface area contributed by atoms with E-state index in [1.54, 1.807) is 12.4 Å². The number of halogens is 1. The molecule has 0 amide bonds. The average Bonchev–Trinajstić information content (AvgIpc) is 3.30. The molecule has 0 unspecified atom stereocenters. The summed E-state index contributed by atoms with van der Waals surface area (Å²) in [5, 5.41) is 12.5. The van der Waals surface area contributed by atoms with Crippen molar-refractivity contribution < 1.29 is 0 Å². The maximum atomic E-state index is 6.14. The molecule has 0 fully saturated rings. The second kappa shape index (κ2) is 6.41. The van der Waals surface area contributed by atoms with Crippen molar-refractivity contribution in [2.75, 3.05) is 5.32 Å². The van der Waals surface area contributed by atoms with E-state index in [4.69, 9.17) is 11.6 Å². The molecule has 5 aromatic rings. The highest BCUT2D eigenvalue weighted by Crippen LogP contribution is 2.29. The molecule has 0 aliphatic heterocycles. The van der Waals surface area contributed by atoms with Gasteiger partial charge in [-0.05, 0) is 54.1 Å². The number of pyridine rings is 1. The number of rotatable bonds is 4. The molecule has 0 saturated heterocycles. The van der Waals surface area contributed by atoms with Gasteiger partial charge in [0.1, 0.15) is 5.69 Å². The number of anilines is 1. The SMILES string of the molecule is Clc1ccc2[nH]nc(-c3nc4ccc(NCc5ccncc5)cc4[nH]3)c2c1. The number of aromatic amines is 2. The summed E-state index contributed by atoms with van der Waals surface area (Å²) < 4.78 is 0. The maximum Gasteiger partial charge on any atom is 0.159 e. The van der Waals surface area contributed by atoms with Crippen LogP contribution in [0.4, 0.5) is 5.69 Å². The molecule has 0 aliphatic carbocycles. The molecule has 5 rings (SSSR count). The Balaban J connectivity index is 1.47. The molecule has 0 saturated carbocycles. The van der Waals surface area contributed by atoms with Gasteiger partial charge in [-0.2, -0.15) is 5.10 Å². The van der Waals surface area contributed by atoms with Gasteiger partial charge in [0.05, 0.1) is 16.6 Å².